The molecule has 1 saturated heterocycles. The van der Waals surface area contributed by atoms with E-state index < -0.39 is 41.7 Å². The minimum absolute atomic E-state index is 0.0908. The van der Waals surface area contributed by atoms with Crippen molar-refractivity contribution in [1.82, 2.24) is 15.5 Å². The Morgan fingerprint density at radius 2 is 1.69 bits per heavy atom. The third-order valence-electron chi connectivity index (χ3n) is 4.89. The van der Waals surface area contributed by atoms with Crippen LogP contribution in [0.5, 0.6) is 0 Å². The predicted molar refractivity (Wildman–Crippen MR) is 106 cm³/mol. The summed E-state index contributed by atoms with van der Waals surface area (Å²) in [6.07, 6.45) is 1.12. The Labute approximate surface area is 171 Å². The lowest BCUT2D eigenvalue weighted by molar-refractivity contribution is -0.157. The van der Waals surface area contributed by atoms with Crippen LogP contribution in [0.4, 0.5) is 0 Å². The molecular weight excluding hydrogens is 378 g/mol. The second-order valence-corrected chi connectivity index (χ2v) is 7.95. The van der Waals surface area contributed by atoms with Gasteiger partial charge >= 0.3 is 5.97 Å². The van der Waals surface area contributed by atoms with Crippen molar-refractivity contribution < 1.29 is 28.7 Å². The fourth-order valence-corrected chi connectivity index (χ4v) is 3.60. The molecule has 0 aromatic rings. The van der Waals surface area contributed by atoms with Crippen molar-refractivity contribution in [3.63, 3.8) is 0 Å². The van der Waals surface area contributed by atoms with E-state index in [1.165, 1.54) is 6.92 Å². The summed E-state index contributed by atoms with van der Waals surface area (Å²) in [5.41, 5.74) is 0. The van der Waals surface area contributed by atoms with Gasteiger partial charge in [0.25, 0.3) is 5.78 Å². The van der Waals surface area contributed by atoms with Crippen molar-refractivity contribution in [3.05, 3.63) is 0 Å². The predicted octanol–water partition coefficient (Wildman–Crippen LogP) is 0.411. The number of esters is 1. The largest absolute Gasteiger partial charge is 0.460 e. The van der Waals surface area contributed by atoms with Crippen LogP contribution >= 0.6 is 0 Å². The van der Waals surface area contributed by atoms with Crippen molar-refractivity contribution in [3.8, 4) is 0 Å². The van der Waals surface area contributed by atoms with E-state index in [1.54, 1.807) is 39.5 Å². The molecule has 9 nitrogen and oxygen atoms in total. The quantitative estimate of drug-likeness (QED) is 0.416. The number of rotatable bonds is 9. The lowest BCUT2D eigenvalue weighted by atomic mass is 9.96. The van der Waals surface area contributed by atoms with Crippen LogP contribution in [-0.2, 0) is 28.7 Å². The topological polar surface area (TPSA) is 122 Å². The summed E-state index contributed by atoms with van der Waals surface area (Å²) >= 11 is 0. The molecule has 0 bridgehead atoms. The minimum atomic E-state index is -0.918. The zero-order valence-corrected chi connectivity index (χ0v) is 18.1. The summed E-state index contributed by atoms with van der Waals surface area (Å²) in [6.45, 7) is 10.6. The molecule has 9 heteroatoms. The second kappa shape index (κ2) is 11.0. The Hall–Kier alpha value is -2.29. The number of carbonyl (C=O) groups excluding carboxylic acids is 5. The number of Topliss-reactive ketones (excluding diaryl/α,β-unsaturated/α-hetero) is 1. The van der Waals surface area contributed by atoms with Gasteiger partial charge in [-0.3, -0.25) is 29.4 Å². The Morgan fingerprint density at radius 3 is 2.17 bits per heavy atom. The van der Waals surface area contributed by atoms with Crippen molar-refractivity contribution >= 4 is 29.5 Å². The second-order valence-electron chi connectivity index (χ2n) is 7.95. The molecule has 0 spiro atoms. The van der Waals surface area contributed by atoms with Gasteiger partial charge < -0.3 is 10.1 Å². The number of carbonyl (C=O) groups is 5. The normalized spacial score (nSPS) is 19.0. The number of amides is 3. The number of ketones is 1. The van der Waals surface area contributed by atoms with Crippen LogP contribution < -0.4 is 10.6 Å². The van der Waals surface area contributed by atoms with E-state index in [0.717, 1.165) is 0 Å². The highest BCUT2D eigenvalue weighted by Gasteiger charge is 2.43. The molecule has 1 aliphatic rings. The average Bonchev–Trinajstić information content (AvgIpc) is 3.08. The fourth-order valence-electron chi connectivity index (χ4n) is 3.60. The number of nitrogens with zero attached hydrogens (tertiary/aromatic N) is 1. The molecule has 1 aliphatic heterocycles. The average molecular weight is 411 g/mol. The maximum atomic E-state index is 12.8. The maximum absolute atomic E-state index is 12.8. The highest BCUT2D eigenvalue weighted by molar-refractivity contribution is 6.35. The van der Waals surface area contributed by atoms with E-state index in [1.807, 2.05) is 0 Å². The lowest BCUT2D eigenvalue weighted by Gasteiger charge is -2.33. The van der Waals surface area contributed by atoms with Gasteiger partial charge in [-0.05, 0) is 38.1 Å². The smallest absolute Gasteiger partial charge is 0.376 e. The Kier molecular flexibility index (Phi) is 9.42. The van der Waals surface area contributed by atoms with E-state index in [4.69, 9.17) is 4.74 Å². The number of nitrogens with one attached hydrogen (secondary N) is 2. The van der Waals surface area contributed by atoms with Gasteiger partial charge in [0.15, 0.2) is 0 Å². The number of likely N-dealkylation sites (tertiary alicyclic amines) is 1. The molecule has 2 N–H and O–H groups in total. The Morgan fingerprint density at radius 1 is 1.07 bits per heavy atom. The summed E-state index contributed by atoms with van der Waals surface area (Å²) in [7, 11) is 0. The monoisotopic (exact) mass is 411 g/mol. The van der Waals surface area contributed by atoms with E-state index in [0.29, 0.717) is 19.4 Å². The SMILES string of the molecule is CCOC(=O)C(=O)C(C(C)C)N1CCC[C@H]1C(=O)NC(=O)[C@@H](NC(C)=O)C(C)C. The molecule has 1 unspecified atom stereocenters. The number of hydrogen-bond donors (Lipinski definition) is 2. The summed E-state index contributed by atoms with van der Waals surface area (Å²) in [5, 5.41) is 4.91. The van der Waals surface area contributed by atoms with Crippen LogP contribution in [0, 0.1) is 11.8 Å². The van der Waals surface area contributed by atoms with Gasteiger partial charge in [0.1, 0.15) is 6.04 Å². The first-order valence-corrected chi connectivity index (χ1v) is 10.1. The van der Waals surface area contributed by atoms with Gasteiger partial charge in [0.05, 0.1) is 18.7 Å². The Balaban J connectivity index is 2.96. The first-order valence-electron chi connectivity index (χ1n) is 10.1. The van der Waals surface area contributed by atoms with E-state index in [2.05, 4.69) is 10.6 Å². The highest BCUT2D eigenvalue weighted by Crippen LogP contribution is 2.25. The first-order chi connectivity index (χ1) is 13.5. The molecule has 3 amide bonds. The summed E-state index contributed by atoms with van der Waals surface area (Å²) < 4.78 is 4.84. The van der Waals surface area contributed by atoms with Gasteiger partial charge in [-0.25, -0.2) is 4.79 Å². The molecule has 1 fully saturated rings. The summed E-state index contributed by atoms with van der Waals surface area (Å²) in [5.74, 6) is -3.53. The van der Waals surface area contributed by atoms with Crippen LogP contribution in [0.1, 0.15) is 54.4 Å². The summed E-state index contributed by atoms with van der Waals surface area (Å²) in [4.78, 5) is 62.9. The molecule has 3 atom stereocenters. The summed E-state index contributed by atoms with van der Waals surface area (Å²) in [6, 6.07) is -2.36. The van der Waals surface area contributed by atoms with Crippen LogP contribution in [0.25, 0.3) is 0 Å². The zero-order valence-electron chi connectivity index (χ0n) is 18.1. The molecule has 0 aromatic carbocycles. The highest BCUT2D eigenvalue weighted by atomic mass is 16.5. The van der Waals surface area contributed by atoms with Gasteiger partial charge in [0, 0.05) is 6.92 Å². The van der Waals surface area contributed by atoms with Gasteiger partial charge in [-0.15, -0.1) is 0 Å². The number of ether oxygens (including phenoxy) is 1. The van der Waals surface area contributed by atoms with Gasteiger partial charge in [0.2, 0.25) is 17.7 Å². The minimum Gasteiger partial charge on any atom is -0.460 e. The zero-order chi connectivity index (χ0) is 22.3. The van der Waals surface area contributed by atoms with Crippen LogP contribution in [0.3, 0.4) is 0 Å². The molecule has 1 heterocycles. The molecule has 0 radical (unpaired) electrons. The van der Waals surface area contributed by atoms with Crippen LogP contribution in [-0.4, -0.2) is 65.7 Å². The van der Waals surface area contributed by atoms with Gasteiger partial charge in [-0.1, -0.05) is 27.7 Å². The third kappa shape index (κ3) is 6.62. The molecule has 0 saturated carbocycles. The third-order valence-corrected chi connectivity index (χ3v) is 4.89. The van der Waals surface area contributed by atoms with Gasteiger partial charge in [-0.2, -0.15) is 0 Å². The standard InChI is InChI=1S/C20H33N3O6/c1-7-29-20(28)17(25)16(12(4)5)23-10-8-9-14(23)18(26)22-19(27)15(11(2)3)21-13(6)24/h11-12,14-16H,7-10H2,1-6H3,(H,21,24)(H,22,26,27)/t14-,15-,16?/m0/s1. The number of hydrogen-bond acceptors (Lipinski definition) is 7. The first kappa shape index (κ1) is 24.7. The molecule has 0 aromatic heterocycles. The van der Waals surface area contributed by atoms with Crippen molar-refractivity contribution in [2.24, 2.45) is 11.8 Å². The van der Waals surface area contributed by atoms with E-state index >= 15 is 0 Å². The molecule has 164 valence electrons. The van der Waals surface area contributed by atoms with Crippen molar-refractivity contribution in [2.75, 3.05) is 13.2 Å². The van der Waals surface area contributed by atoms with Crippen molar-refractivity contribution in [1.29, 1.82) is 0 Å². The van der Waals surface area contributed by atoms with Crippen LogP contribution in [0.15, 0.2) is 0 Å². The van der Waals surface area contributed by atoms with Crippen LogP contribution in [0.2, 0.25) is 0 Å². The molecule has 29 heavy (non-hydrogen) atoms. The number of imide groups is 1. The molecule has 1 rings (SSSR count). The lowest BCUT2D eigenvalue weighted by Crippen LogP contribution is -2.57. The van der Waals surface area contributed by atoms with E-state index in [9.17, 15) is 24.0 Å². The fraction of sp³-hybridized carbons (Fsp3) is 0.750. The molecule has 0 aliphatic carbocycles. The van der Waals surface area contributed by atoms with Crippen molar-refractivity contribution in [2.45, 2.75) is 72.5 Å². The maximum Gasteiger partial charge on any atom is 0.376 e. The van der Waals surface area contributed by atoms with E-state index in [-0.39, 0.29) is 24.3 Å². The molecular formula is C20H33N3O6. The Bertz CT molecular complexity index is 646.